The van der Waals surface area contributed by atoms with E-state index < -0.39 is 0 Å². The molecule has 6 nitrogen and oxygen atoms in total. The summed E-state index contributed by atoms with van der Waals surface area (Å²) in [6.07, 6.45) is 8.82. The molecule has 2 saturated carbocycles. The van der Waals surface area contributed by atoms with E-state index in [0.29, 0.717) is 41.3 Å². The fourth-order valence-electron chi connectivity index (χ4n) is 3.97. The summed E-state index contributed by atoms with van der Waals surface area (Å²) in [6, 6.07) is 10.5. The molecule has 30 heavy (non-hydrogen) atoms. The first-order valence-corrected chi connectivity index (χ1v) is 10.9. The number of carbonyl (C=O) groups excluding carboxylic acids is 2. The molecule has 1 aromatic carbocycles. The topological polar surface area (TPSA) is 80.3 Å². The van der Waals surface area contributed by atoms with E-state index >= 15 is 0 Å². The van der Waals surface area contributed by atoms with Crippen molar-refractivity contribution in [3.05, 3.63) is 48.2 Å². The molecule has 0 radical (unpaired) electrons. The van der Waals surface area contributed by atoms with Gasteiger partial charge in [-0.3, -0.25) is 9.59 Å². The highest BCUT2D eigenvalue weighted by Crippen LogP contribution is 2.38. The van der Waals surface area contributed by atoms with Crippen molar-refractivity contribution in [3.63, 3.8) is 0 Å². The second-order valence-electron chi connectivity index (χ2n) is 8.51. The number of benzene rings is 1. The molecule has 2 atom stereocenters. The van der Waals surface area contributed by atoms with E-state index in [1.54, 1.807) is 30.5 Å². The van der Waals surface area contributed by atoms with Crippen molar-refractivity contribution in [2.75, 3.05) is 17.2 Å². The molecule has 0 saturated heterocycles. The van der Waals surface area contributed by atoms with E-state index in [2.05, 4.69) is 22.5 Å². The van der Waals surface area contributed by atoms with Gasteiger partial charge in [-0.1, -0.05) is 26.2 Å². The van der Waals surface area contributed by atoms with Crippen LogP contribution in [0.4, 0.5) is 11.5 Å². The number of hydrogen-bond acceptors (Lipinski definition) is 4. The van der Waals surface area contributed by atoms with Crippen molar-refractivity contribution in [2.45, 2.75) is 45.4 Å². The first-order chi connectivity index (χ1) is 14.6. The minimum Gasteiger partial charge on any atom is -0.489 e. The summed E-state index contributed by atoms with van der Waals surface area (Å²) in [6.45, 7) is 2.73. The van der Waals surface area contributed by atoms with E-state index in [4.69, 9.17) is 4.74 Å². The summed E-state index contributed by atoms with van der Waals surface area (Å²) in [7, 11) is 0. The Balaban J connectivity index is 1.34. The molecule has 0 aliphatic heterocycles. The number of nitrogens with zero attached hydrogens (tertiary/aromatic N) is 1. The van der Waals surface area contributed by atoms with Crippen LogP contribution < -0.4 is 15.4 Å². The fourth-order valence-corrected chi connectivity index (χ4v) is 3.97. The van der Waals surface area contributed by atoms with Gasteiger partial charge in [-0.2, -0.15) is 0 Å². The van der Waals surface area contributed by atoms with Crippen LogP contribution in [0.2, 0.25) is 0 Å². The van der Waals surface area contributed by atoms with Crippen molar-refractivity contribution in [1.29, 1.82) is 0 Å². The van der Waals surface area contributed by atoms with Crippen molar-refractivity contribution in [1.82, 2.24) is 4.98 Å². The summed E-state index contributed by atoms with van der Waals surface area (Å²) < 4.78 is 5.99. The lowest BCUT2D eigenvalue weighted by Gasteiger charge is -2.22. The van der Waals surface area contributed by atoms with Crippen molar-refractivity contribution in [3.8, 4) is 5.75 Å². The van der Waals surface area contributed by atoms with Crippen LogP contribution in [0, 0.1) is 17.8 Å². The molecule has 6 heteroatoms. The number of pyridine rings is 1. The summed E-state index contributed by atoms with van der Waals surface area (Å²) in [4.78, 5) is 29.0. The zero-order valence-electron chi connectivity index (χ0n) is 17.4. The smallest absolute Gasteiger partial charge is 0.256 e. The first-order valence-electron chi connectivity index (χ1n) is 10.9. The maximum absolute atomic E-state index is 12.7. The van der Waals surface area contributed by atoms with E-state index in [1.165, 1.54) is 32.1 Å². The predicted octanol–water partition coefficient (Wildman–Crippen LogP) is 4.89. The molecule has 0 spiro atoms. The molecule has 2 unspecified atom stereocenters. The van der Waals surface area contributed by atoms with Crippen LogP contribution in [0.15, 0.2) is 42.6 Å². The van der Waals surface area contributed by atoms with Gasteiger partial charge in [0.15, 0.2) is 11.6 Å². The molecule has 2 aliphatic rings. The molecule has 4 rings (SSSR count). The lowest BCUT2D eigenvalue weighted by molar-refractivity contribution is -0.117. The zero-order chi connectivity index (χ0) is 20.9. The monoisotopic (exact) mass is 407 g/mol. The van der Waals surface area contributed by atoms with Crippen LogP contribution in [0.5, 0.6) is 5.75 Å². The van der Waals surface area contributed by atoms with Gasteiger partial charge in [0, 0.05) is 23.4 Å². The Labute approximate surface area is 177 Å². The average Bonchev–Trinajstić information content (AvgIpc) is 3.51. The van der Waals surface area contributed by atoms with Gasteiger partial charge < -0.3 is 15.4 Å². The summed E-state index contributed by atoms with van der Waals surface area (Å²) in [5, 5.41) is 5.75. The first kappa shape index (κ1) is 20.4. The van der Waals surface area contributed by atoms with Gasteiger partial charge in [-0.15, -0.1) is 0 Å². The number of nitrogens with one attached hydrogen (secondary N) is 2. The highest BCUT2D eigenvalue weighted by molar-refractivity contribution is 6.05. The van der Waals surface area contributed by atoms with Gasteiger partial charge in [-0.25, -0.2) is 4.98 Å². The van der Waals surface area contributed by atoms with Crippen molar-refractivity contribution >= 4 is 23.3 Å². The van der Waals surface area contributed by atoms with Crippen LogP contribution >= 0.6 is 0 Å². The van der Waals surface area contributed by atoms with Gasteiger partial charge in [0.05, 0.1) is 6.61 Å². The largest absolute Gasteiger partial charge is 0.489 e. The van der Waals surface area contributed by atoms with Gasteiger partial charge in [-0.05, 0) is 67.5 Å². The number of rotatable bonds is 7. The Morgan fingerprint density at radius 3 is 2.50 bits per heavy atom. The zero-order valence-corrected chi connectivity index (χ0v) is 17.4. The maximum Gasteiger partial charge on any atom is 0.256 e. The van der Waals surface area contributed by atoms with E-state index in [0.717, 1.165) is 6.42 Å². The number of carbonyl (C=O) groups is 2. The molecule has 2 fully saturated rings. The van der Waals surface area contributed by atoms with Gasteiger partial charge >= 0.3 is 0 Å². The molecular formula is C24H29N3O3. The Morgan fingerprint density at radius 1 is 1.07 bits per heavy atom. The quantitative estimate of drug-likeness (QED) is 0.685. The lowest BCUT2D eigenvalue weighted by atomic mass is 9.90. The van der Waals surface area contributed by atoms with Crippen LogP contribution in [-0.4, -0.2) is 23.4 Å². The van der Waals surface area contributed by atoms with Crippen LogP contribution in [0.25, 0.3) is 0 Å². The minimum atomic E-state index is -0.259. The normalized spacial score (nSPS) is 21.0. The van der Waals surface area contributed by atoms with Gasteiger partial charge in [0.25, 0.3) is 5.91 Å². The molecule has 2 aromatic rings. The molecule has 2 amide bonds. The highest BCUT2D eigenvalue weighted by Gasteiger charge is 2.39. The van der Waals surface area contributed by atoms with Crippen LogP contribution in [-0.2, 0) is 4.79 Å². The number of ether oxygens (including phenoxy) is 1. The highest BCUT2D eigenvalue weighted by atomic mass is 16.5. The van der Waals surface area contributed by atoms with Crippen LogP contribution in [0.1, 0.15) is 55.8 Å². The summed E-state index contributed by atoms with van der Waals surface area (Å²) in [5.41, 5.74) is 1.20. The van der Waals surface area contributed by atoms with E-state index in [9.17, 15) is 9.59 Å². The molecule has 158 valence electrons. The Kier molecular flexibility index (Phi) is 6.31. The third-order valence-corrected chi connectivity index (χ3v) is 6.06. The number of amides is 2. The number of aromatic nitrogens is 1. The maximum atomic E-state index is 12.7. The second-order valence-corrected chi connectivity index (χ2v) is 8.51. The fraction of sp³-hybridized carbons (Fsp3) is 0.458. The van der Waals surface area contributed by atoms with Crippen molar-refractivity contribution < 1.29 is 14.3 Å². The molecule has 1 aromatic heterocycles. The Bertz CT molecular complexity index is 891. The molecule has 2 N–H and O–H groups in total. The van der Waals surface area contributed by atoms with Gasteiger partial charge in [0.1, 0.15) is 0 Å². The molecule has 2 aliphatic carbocycles. The number of hydrogen-bond donors (Lipinski definition) is 2. The standard InChI is InChI=1S/C24H29N3O3/c1-16-14-20(16)24(29)26-19-11-9-18(10-12-19)23(28)27-22-21(8-5-13-25-22)30-15-17-6-3-2-4-7-17/h5,8-13,16-17,20H,2-4,6-7,14-15H2,1H3,(H,26,29)(H,25,27,28). The van der Waals surface area contributed by atoms with E-state index in [1.807, 2.05) is 12.1 Å². The molecule has 0 bridgehead atoms. The Hall–Kier alpha value is -2.89. The SMILES string of the molecule is CC1CC1C(=O)Nc1ccc(C(=O)Nc2ncccc2OCC2CCCCC2)cc1. The third kappa shape index (κ3) is 5.17. The van der Waals surface area contributed by atoms with Crippen molar-refractivity contribution in [2.24, 2.45) is 17.8 Å². The second kappa shape index (κ2) is 9.28. The van der Waals surface area contributed by atoms with Gasteiger partial charge in [0.2, 0.25) is 5.91 Å². The predicted molar refractivity (Wildman–Crippen MR) is 117 cm³/mol. The molecule has 1 heterocycles. The minimum absolute atomic E-state index is 0.0490. The lowest BCUT2D eigenvalue weighted by Crippen LogP contribution is -2.18. The third-order valence-electron chi connectivity index (χ3n) is 6.06. The summed E-state index contributed by atoms with van der Waals surface area (Å²) in [5.74, 6) is 1.96. The average molecular weight is 408 g/mol. The van der Waals surface area contributed by atoms with Crippen LogP contribution in [0.3, 0.4) is 0 Å². The van der Waals surface area contributed by atoms with E-state index in [-0.39, 0.29) is 17.7 Å². The Morgan fingerprint density at radius 2 is 1.80 bits per heavy atom. The molecular weight excluding hydrogens is 378 g/mol. The number of anilines is 2. The summed E-state index contributed by atoms with van der Waals surface area (Å²) >= 11 is 0.